The molecule has 0 aliphatic rings. The van der Waals surface area contributed by atoms with Crippen molar-refractivity contribution in [1.82, 2.24) is 20.4 Å². The van der Waals surface area contributed by atoms with Crippen LogP contribution in [-0.2, 0) is 6.42 Å². The molecule has 0 spiro atoms. The molecule has 0 saturated heterocycles. The first-order chi connectivity index (χ1) is 8.25. The maximum Gasteiger partial charge on any atom is 0.162 e. The van der Waals surface area contributed by atoms with Crippen molar-refractivity contribution in [3.05, 3.63) is 38.9 Å². The van der Waals surface area contributed by atoms with E-state index in [-0.39, 0.29) is 0 Å². The molecule has 0 bridgehead atoms. The molecule has 17 heavy (non-hydrogen) atoms. The standard InChI is InChI=1S/C11H9ClN4S/c1-6-9-10(15-13-6)8(14-16-11(9)12)4-7-2-3-17-5-7/h2-3,5H,4H2,1H3,(H,13,15). The highest BCUT2D eigenvalue weighted by Gasteiger charge is 2.13. The van der Waals surface area contributed by atoms with Crippen molar-refractivity contribution in [3.8, 4) is 0 Å². The van der Waals surface area contributed by atoms with Gasteiger partial charge in [-0.2, -0.15) is 21.5 Å². The summed E-state index contributed by atoms with van der Waals surface area (Å²) in [5, 5.41) is 20.7. The maximum atomic E-state index is 6.03. The van der Waals surface area contributed by atoms with Crippen LogP contribution in [-0.4, -0.2) is 20.4 Å². The quantitative estimate of drug-likeness (QED) is 0.774. The van der Waals surface area contributed by atoms with Gasteiger partial charge in [0, 0.05) is 6.42 Å². The second-order valence-corrected chi connectivity index (χ2v) is 4.94. The van der Waals surface area contributed by atoms with E-state index in [2.05, 4.69) is 31.8 Å². The molecular formula is C11H9ClN4S. The number of thiophene rings is 1. The van der Waals surface area contributed by atoms with Gasteiger partial charge < -0.3 is 0 Å². The first-order valence-electron chi connectivity index (χ1n) is 5.12. The van der Waals surface area contributed by atoms with Crippen molar-refractivity contribution in [2.45, 2.75) is 13.3 Å². The highest BCUT2D eigenvalue weighted by atomic mass is 35.5. The molecule has 0 amide bonds. The molecule has 86 valence electrons. The van der Waals surface area contributed by atoms with Crippen LogP contribution in [0.1, 0.15) is 17.0 Å². The number of fused-ring (bicyclic) bond motifs is 1. The van der Waals surface area contributed by atoms with Crippen molar-refractivity contribution < 1.29 is 0 Å². The average Bonchev–Trinajstić information content (AvgIpc) is 2.93. The number of halogens is 1. The number of hydrogen-bond donors (Lipinski definition) is 1. The zero-order valence-electron chi connectivity index (χ0n) is 9.07. The van der Waals surface area contributed by atoms with Crippen LogP contribution in [0.5, 0.6) is 0 Å². The fourth-order valence-electron chi connectivity index (χ4n) is 1.81. The van der Waals surface area contributed by atoms with Crippen LogP contribution in [0, 0.1) is 6.92 Å². The third-order valence-electron chi connectivity index (χ3n) is 2.65. The molecule has 6 heteroatoms. The van der Waals surface area contributed by atoms with Crippen LogP contribution >= 0.6 is 22.9 Å². The summed E-state index contributed by atoms with van der Waals surface area (Å²) in [5.74, 6) is 0. The van der Waals surface area contributed by atoms with Crippen molar-refractivity contribution >= 4 is 33.8 Å². The third-order valence-corrected chi connectivity index (χ3v) is 3.65. The summed E-state index contributed by atoms with van der Waals surface area (Å²) in [5.41, 5.74) is 3.84. The van der Waals surface area contributed by atoms with Crippen LogP contribution in [0.25, 0.3) is 10.9 Å². The number of aromatic amines is 1. The zero-order valence-corrected chi connectivity index (χ0v) is 10.6. The molecule has 3 aromatic rings. The van der Waals surface area contributed by atoms with E-state index < -0.39 is 0 Å². The fourth-order valence-corrected chi connectivity index (χ4v) is 2.75. The Morgan fingerprint density at radius 3 is 3.06 bits per heavy atom. The van der Waals surface area contributed by atoms with Gasteiger partial charge in [0.05, 0.1) is 22.3 Å². The molecule has 4 nitrogen and oxygen atoms in total. The maximum absolute atomic E-state index is 6.03. The van der Waals surface area contributed by atoms with Gasteiger partial charge >= 0.3 is 0 Å². The number of rotatable bonds is 2. The lowest BCUT2D eigenvalue weighted by atomic mass is 10.1. The summed E-state index contributed by atoms with van der Waals surface area (Å²) in [7, 11) is 0. The van der Waals surface area contributed by atoms with Crippen LogP contribution in [0.4, 0.5) is 0 Å². The van der Waals surface area contributed by atoms with Gasteiger partial charge in [0.1, 0.15) is 0 Å². The Kier molecular flexibility index (Phi) is 2.57. The largest absolute Gasteiger partial charge is 0.275 e. The second kappa shape index (κ2) is 4.09. The fraction of sp³-hybridized carbons (Fsp3) is 0.182. The van der Waals surface area contributed by atoms with E-state index in [9.17, 15) is 0 Å². The van der Waals surface area contributed by atoms with Gasteiger partial charge in [0.2, 0.25) is 0 Å². The molecular weight excluding hydrogens is 256 g/mol. The lowest BCUT2D eigenvalue weighted by molar-refractivity contribution is 0.951. The van der Waals surface area contributed by atoms with Gasteiger partial charge in [0.25, 0.3) is 0 Å². The van der Waals surface area contributed by atoms with Crippen LogP contribution in [0.15, 0.2) is 16.8 Å². The molecule has 0 aromatic carbocycles. The summed E-state index contributed by atoms with van der Waals surface area (Å²) in [6, 6.07) is 2.08. The number of H-pyrrole nitrogens is 1. The van der Waals surface area contributed by atoms with Crippen molar-refractivity contribution in [2.75, 3.05) is 0 Å². The van der Waals surface area contributed by atoms with E-state index in [0.29, 0.717) is 5.15 Å². The van der Waals surface area contributed by atoms with Crippen LogP contribution < -0.4 is 0 Å². The lowest BCUT2D eigenvalue weighted by Gasteiger charge is -2.00. The molecule has 0 saturated carbocycles. The Balaban J connectivity index is 2.14. The SMILES string of the molecule is Cc1n[nH]c2c(Cc3ccsc3)nnc(Cl)c12. The molecule has 3 aromatic heterocycles. The molecule has 0 atom stereocenters. The van der Waals surface area contributed by atoms with E-state index in [1.165, 1.54) is 5.56 Å². The van der Waals surface area contributed by atoms with Crippen LogP contribution in [0.2, 0.25) is 5.15 Å². The topological polar surface area (TPSA) is 54.5 Å². The van der Waals surface area contributed by atoms with Crippen LogP contribution in [0.3, 0.4) is 0 Å². The Labute approximate surface area is 107 Å². The van der Waals surface area contributed by atoms with E-state index in [4.69, 9.17) is 11.6 Å². The molecule has 0 radical (unpaired) electrons. The molecule has 0 fully saturated rings. The minimum Gasteiger partial charge on any atom is -0.275 e. The molecule has 0 unspecified atom stereocenters. The van der Waals surface area contributed by atoms with E-state index in [1.807, 2.05) is 12.3 Å². The van der Waals surface area contributed by atoms with Gasteiger partial charge in [-0.05, 0) is 29.3 Å². The number of hydrogen-bond acceptors (Lipinski definition) is 4. The highest BCUT2D eigenvalue weighted by Crippen LogP contribution is 2.25. The minimum atomic E-state index is 0.403. The smallest absolute Gasteiger partial charge is 0.162 e. The predicted octanol–water partition coefficient (Wildman–Crippen LogP) is 2.97. The Morgan fingerprint density at radius 2 is 2.29 bits per heavy atom. The third kappa shape index (κ3) is 1.81. The molecule has 3 rings (SSSR count). The van der Waals surface area contributed by atoms with Gasteiger partial charge in [-0.25, -0.2) is 0 Å². The first kappa shape index (κ1) is 10.7. The number of nitrogens with one attached hydrogen (secondary N) is 1. The van der Waals surface area contributed by atoms with E-state index in [0.717, 1.165) is 28.7 Å². The summed E-state index contributed by atoms with van der Waals surface area (Å²) in [6.07, 6.45) is 0.742. The molecule has 3 heterocycles. The molecule has 1 N–H and O–H groups in total. The van der Waals surface area contributed by atoms with Crippen molar-refractivity contribution in [2.24, 2.45) is 0 Å². The Hall–Kier alpha value is -1.46. The summed E-state index contributed by atoms with van der Waals surface area (Å²) in [4.78, 5) is 0. The van der Waals surface area contributed by atoms with Gasteiger partial charge in [-0.3, -0.25) is 5.10 Å². The van der Waals surface area contributed by atoms with Gasteiger partial charge in [-0.1, -0.05) is 11.6 Å². The highest BCUT2D eigenvalue weighted by molar-refractivity contribution is 7.07. The van der Waals surface area contributed by atoms with E-state index >= 15 is 0 Å². The van der Waals surface area contributed by atoms with Gasteiger partial charge in [-0.15, -0.1) is 5.10 Å². The Bertz CT molecular complexity index is 659. The predicted molar refractivity (Wildman–Crippen MR) is 68.6 cm³/mol. The minimum absolute atomic E-state index is 0.403. The van der Waals surface area contributed by atoms with E-state index in [1.54, 1.807) is 11.3 Å². The average molecular weight is 265 g/mol. The molecule has 0 aliphatic heterocycles. The number of aryl methyl sites for hydroxylation is 1. The second-order valence-electron chi connectivity index (χ2n) is 3.80. The number of aromatic nitrogens is 4. The monoisotopic (exact) mass is 264 g/mol. The normalized spacial score (nSPS) is 11.2. The van der Waals surface area contributed by atoms with Crippen molar-refractivity contribution in [3.63, 3.8) is 0 Å². The lowest BCUT2D eigenvalue weighted by Crippen LogP contribution is -1.96. The molecule has 0 aliphatic carbocycles. The summed E-state index contributed by atoms with van der Waals surface area (Å²) >= 11 is 7.70. The summed E-state index contributed by atoms with van der Waals surface area (Å²) < 4.78 is 0. The van der Waals surface area contributed by atoms with Gasteiger partial charge in [0.15, 0.2) is 5.15 Å². The number of nitrogens with zero attached hydrogens (tertiary/aromatic N) is 3. The zero-order chi connectivity index (χ0) is 11.8. The summed E-state index contributed by atoms with van der Waals surface area (Å²) in [6.45, 7) is 1.90. The first-order valence-corrected chi connectivity index (χ1v) is 6.44. The van der Waals surface area contributed by atoms with Crippen molar-refractivity contribution in [1.29, 1.82) is 0 Å². The Morgan fingerprint density at radius 1 is 1.41 bits per heavy atom.